The van der Waals surface area contributed by atoms with Crippen LogP contribution >= 0.6 is 0 Å². The summed E-state index contributed by atoms with van der Waals surface area (Å²) in [6.45, 7) is 3.26. The van der Waals surface area contributed by atoms with E-state index in [0.29, 0.717) is 41.6 Å². The lowest BCUT2D eigenvalue weighted by Gasteiger charge is -2.32. The van der Waals surface area contributed by atoms with Crippen LogP contribution in [0.3, 0.4) is 0 Å². The minimum absolute atomic E-state index is 0.116. The van der Waals surface area contributed by atoms with E-state index in [0.717, 1.165) is 38.1 Å². The van der Waals surface area contributed by atoms with Crippen molar-refractivity contribution in [1.82, 2.24) is 15.0 Å². The minimum atomic E-state index is -0.268. The van der Waals surface area contributed by atoms with Crippen LogP contribution in [0.1, 0.15) is 36.3 Å². The lowest BCUT2D eigenvalue weighted by atomic mass is 9.90. The van der Waals surface area contributed by atoms with Gasteiger partial charge in [-0.25, -0.2) is 4.39 Å². The SMILES string of the molecule is COc1ccc(CC2CCN(C(=O)CCc3nc(-c4ccc(F)c(C)c4)no3)CC2)cc1. The fourth-order valence-electron chi connectivity index (χ4n) is 4.11. The van der Waals surface area contributed by atoms with Gasteiger partial charge in [-0.3, -0.25) is 4.79 Å². The Kier molecular flexibility index (Phi) is 6.83. The summed E-state index contributed by atoms with van der Waals surface area (Å²) in [5.74, 6) is 2.14. The number of likely N-dealkylation sites (tertiary alicyclic amines) is 1. The molecule has 0 aliphatic carbocycles. The quantitative estimate of drug-likeness (QED) is 0.540. The molecule has 1 aromatic heterocycles. The van der Waals surface area contributed by atoms with E-state index in [1.165, 1.54) is 11.6 Å². The van der Waals surface area contributed by atoms with Gasteiger partial charge in [0, 0.05) is 31.5 Å². The standard InChI is InChI=1S/C25H28FN3O3/c1-17-15-20(5-8-22(17)26)25-27-23(32-28-25)9-10-24(30)29-13-11-19(12-14-29)16-18-3-6-21(31-2)7-4-18/h3-8,15,19H,9-14,16H2,1-2H3. The van der Waals surface area contributed by atoms with Crippen molar-refractivity contribution in [3.05, 3.63) is 65.3 Å². The number of carbonyl (C=O) groups excluding carboxylic acids is 1. The number of aromatic nitrogens is 2. The van der Waals surface area contributed by atoms with Gasteiger partial charge in [0.1, 0.15) is 11.6 Å². The van der Waals surface area contributed by atoms with Crippen LogP contribution in [-0.2, 0) is 17.6 Å². The van der Waals surface area contributed by atoms with E-state index in [-0.39, 0.29) is 11.7 Å². The maximum absolute atomic E-state index is 13.5. The van der Waals surface area contributed by atoms with Crippen molar-refractivity contribution in [2.75, 3.05) is 20.2 Å². The molecule has 7 heteroatoms. The molecule has 168 valence electrons. The van der Waals surface area contributed by atoms with Crippen molar-refractivity contribution in [3.63, 3.8) is 0 Å². The molecule has 0 radical (unpaired) electrons. The molecule has 0 bridgehead atoms. The number of aryl methyl sites for hydroxylation is 2. The number of piperidine rings is 1. The molecule has 2 heterocycles. The average molecular weight is 438 g/mol. The number of benzene rings is 2. The number of hydrogen-bond donors (Lipinski definition) is 0. The molecule has 32 heavy (non-hydrogen) atoms. The molecule has 0 saturated carbocycles. The lowest BCUT2D eigenvalue weighted by molar-refractivity contribution is -0.132. The van der Waals surface area contributed by atoms with Crippen LogP contribution in [0.4, 0.5) is 4.39 Å². The molecular formula is C25H28FN3O3. The first-order chi connectivity index (χ1) is 15.5. The molecule has 4 rings (SSSR count). The van der Waals surface area contributed by atoms with Crippen LogP contribution in [0, 0.1) is 18.7 Å². The Morgan fingerprint density at radius 3 is 2.62 bits per heavy atom. The van der Waals surface area contributed by atoms with Crippen LogP contribution < -0.4 is 4.74 Å². The Balaban J connectivity index is 1.24. The first kappa shape index (κ1) is 22.0. The number of hydrogen-bond acceptors (Lipinski definition) is 5. The van der Waals surface area contributed by atoms with Gasteiger partial charge in [0.2, 0.25) is 17.6 Å². The second-order valence-electron chi connectivity index (χ2n) is 8.35. The van der Waals surface area contributed by atoms with Crippen molar-refractivity contribution >= 4 is 5.91 Å². The molecule has 1 aliphatic heterocycles. The molecule has 1 saturated heterocycles. The summed E-state index contributed by atoms with van der Waals surface area (Å²) in [5, 5.41) is 3.97. The fraction of sp³-hybridized carbons (Fsp3) is 0.400. The zero-order valence-electron chi connectivity index (χ0n) is 18.5. The molecule has 6 nitrogen and oxygen atoms in total. The fourth-order valence-corrected chi connectivity index (χ4v) is 4.11. The molecule has 1 fully saturated rings. The van der Waals surface area contributed by atoms with Crippen LogP contribution in [0.15, 0.2) is 47.0 Å². The minimum Gasteiger partial charge on any atom is -0.497 e. The molecule has 1 amide bonds. The van der Waals surface area contributed by atoms with Crippen molar-refractivity contribution in [2.24, 2.45) is 5.92 Å². The van der Waals surface area contributed by atoms with Gasteiger partial charge in [0.15, 0.2) is 0 Å². The van der Waals surface area contributed by atoms with E-state index in [2.05, 4.69) is 22.3 Å². The van der Waals surface area contributed by atoms with Gasteiger partial charge in [0.25, 0.3) is 0 Å². The summed E-state index contributed by atoms with van der Waals surface area (Å²) < 4.78 is 24.0. The smallest absolute Gasteiger partial charge is 0.227 e. The maximum Gasteiger partial charge on any atom is 0.227 e. The maximum atomic E-state index is 13.5. The Bertz CT molecular complexity index is 1060. The normalized spacial score (nSPS) is 14.5. The highest BCUT2D eigenvalue weighted by Gasteiger charge is 2.23. The van der Waals surface area contributed by atoms with Crippen molar-refractivity contribution in [1.29, 1.82) is 0 Å². The van der Waals surface area contributed by atoms with Gasteiger partial charge in [-0.05, 0) is 73.6 Å². The van der Waals surface area contributed by atoms with E-state index in [1.54, 1.807) is 26.2 Å². The van der Waals surface area contributed by atoms with Gasteiger partial charge in [-0.2, -0.15) is 4.98 Å². The number of rotatable bonds is 7. The second-order valence-corrected chi connectivity index (χ2v) is 8.35. The summed E-state index contributed by atoms with van der Waals surface area (Å²) in [7, 11) is 1.67. The third kappa shape index (κ3) is 5.33. The highest BCUT2D eigenvalue weighted by atomic mass is 19.1. The highest BCUT2D eigenvalue weighted by molar-refractivity contribution is 5.76. The number of amides is 1. The zero-order chi connectivity index (χ0) is 22.5. The summed E-state index contributed by atoms with van der Waals surface area (Å²) >= 11 is 0. The monoisotopic (exact) mass is 437 g/mol. The van der Waals surface area contributed by atoms with Crippen molar-refractivity contribution in [3.8, 4) is 17.1 Å². The molecule has 0 N–H and O–H groups in total. The molecule has 0 spiro atoms. The zero-order valence-corrected chi connectivity index (χ0v) is 18.5. The number of halogens is 1. The molecule has 0 unspecified atom stereocenters. The van der Waals surface area contributed by atoms with E-state index in [9.17, 15) is 9.18 Å². The third-order valence-corrected chi connectivity index (χ3v) is 6.09. The van der Waals surface area contributed by atoms with Gasteiger partial charge >= 0.3 is 0 Å². The van der Waals surface area contributed by atoms with E-state index in [4.69, 9.17) is 9.26 Å². The Morgan fingerprint density at radius 2 is 1.94 bits per heavy atom. The topological polar surface area (TPSA) is 68.5 Å². The van der Waals surface area contributed by atoms with E-state index < -0.39 is 0 Å². The predicted octanol–water partition coefficient (Wildman–Crippen LogP) is 4.61. The second kappa shape index (κ2) is 9.94. The molecule has 1 aliphatic rings. The van der Waals surface area contributed by atoms with Crippen LogP contribution in [0.25, 0.3) is 11.4 Å². The molecule has 0 atom stereocenters. The predicted molar refractivity (Wildman–Crippen MR) is 119 cm³/mol. The van der Waals surface area contributed by atoms with Crippen LogP contribution in [-0.4, -0.2) is 41.1 Å². The van der Waals surface area contributed by atoms with Gasteiger partial charge in [-0.15, -0.1) is 0 Å². The van der Waals surface area contributed by atoms with Crippen molar-refractivity contribution in [2.45, 2.75) is 39.0 Å². The van der Waals surface area contributed by atoms with E-state index in [1.807, 2.05) is 17.0 Å². The summed E-state index contributed by atoms with van der Waals surface area (Å²) in [4.78, 5) is 18.9. The van der Waals surface area contributed by atoms with Crippen LogP contribution in [0.5, 0.6) is 5.75 Å². The van der Waals surface area contributed by atoms with Crippen molar-refractivity contribution < 1.29 is 18.4 Å². The first-order valence-corrected chi connectivity index (χ1v) is 11.0. The molecular weight excluding hydrogens is 409 g/mol. The summed E-state index contributed by atoms with van der Waals surface area (Å²) in [6, 6.07) is 12.9. The first-order valence-electron chi connectivity index (χ1n) is 11.0. The molecule has 2 aromatic carbocycles. The lowest BCUT2D eigenvalue weighted by Crippen LogP contribution is -2.39. The summed E-state index contributed by atoms with van der Waals surface area (Å²) in [5.41, 5.74) is 2.53. The van der Waals surface area contributed by atoms with E-state index >= 15 is 0 Å². The average Bonchev–Trinajstić information content (AvgIpc) is 3.29. The third-order valence-electron chi connectivity index (χ3n) is 6.09. The van der Waals surface area contributed by atoms with Gasteiger partial charge in [-0.1, -0.05) is 17.3 Å². The number of carbonyl (C=O) groups is 1. The number of nitrogens with zero attached hydrogens (tertiary/aromatic N) is 3. The largest absolute Gasteiger partial charge is 0.497 e. The molecule has 3 aromatic rings. The van der Waals surface area contributed by atoms with Gasteiger partial charge in [0.05, 0.1) is 7.11 Å². The Hall–Kier alpha value is -3.22. The highest BCUT2D eigenvalue weighted by Crippen LogP contribution is 2.24. The number of methoxy groups -OCH3 is 1. The van der Waals surface area contributed by atoms with Gasteiger partial charge < -0.3 is 14.2 Å². The van der Waals surface area contributed by atoms with Crippen LogP contribution in [0.2, 0.25) is 0 Å². The summed E-state index contributed by atoms with van der Waals surface area (Å²) in [6.07, 6.45) is 3.78. The Morgan fingerprint density at radius 1 is 1.19 bits per heavy atom. The Labute approximate surface area is 187 Å². The number of ether oxygens (including phenoxy) is 1.